The van der Waals surface area contributed by atoms with Crippen LogP contribution in [0.3, 0.4) is 0 Å². The molecule has 1 atom stereocenters. The molecule has 1 aliphatic rings. The number of rotatable bonds is 4. The normalized spacial score (nSPS) is 19.1. The Morgan fingerprint density at radius 3 is 2.84 bits per heavy atom. The van der Waals surface area contributed by atoms with E-state index in [1.807, 2.05) is 37.3 Å². The van der Waals surface area contributed by atoms with Gasteiger partial charge in [-0.05, 0) is 18.6 Å². The fourth-order valence-electron chi connectivity index (χ4n) is 2.16. The summed E-state index contributed by atoms with van der Waals surface area (Å²) < 4.78 is 0. The zero-order chi connectivity index (χ0) is 13.7. The summed E-state index contributed by atoms with van der Waals surface area (Å²) in [5.41, 5.74) is 0. The van der Waals surface area contributed by atoms with Gasteiger partial charge in [-0.1, -0.05) is 25.1 Å². The molecule has 2 amide bonds. The molecule has 1 saturated heterocycles. The number of nitrogens with one attached hydrogen (secondary N) is 1. The van der Waals surface area contributed by atoms with Crippen LogP contribution >= 0.6 is 11.8 Å². The third-order valence-electron chi connectivity index (χ3n) is 3.14. The molecule has 0 radical (unpaired) electrons. The first kappa shape index (κ1) is 13.9. The van der Waals surface area contributed by atoms with Crippen molar-refractivity contribution in [3.63, 3.8) is 0 Å². The van der Waals surface area contributed by atoms with Crippen LogP contribution in [0.4, 0.5) is 0 Å². The zero-order valence-electron chi connectivity index (χ0n) is 11.0. The van der Waals surface area contributed by atoms with E-state index in [-0.39, 0.29) is 17.9 Å². The van der Waals surface area contributed by atoms with E-state index in [4.69, 9.17) is 0 Å². The monoisotopic (exact) mass is 278 g/mol. The molecule has 0 unspecified atom stereocenters. The van der Waals surface area contributed by atoms with Gasteiger partial charge >= 0.3 is 0 Å². The number of piperazine rings is 1. The first-order chi connectivity index (χ1) is 9.22. The quantitative estimate of drug-likeness (QED) is 0.850. The molecule has 5 heteroatoms. The van der Waals surface area contributed by atoms with Crippen LogP contribution in [0.5, 0.6) is 0 Å². The number of thioether (sulfide) groups is 1. The largest absolute Gasteiger partial charge is 0.353 e. The van der Waals surface area contributed by atoms with E-state index in [0.29, 0.717) is 25.3 Å². The lowest BCUT2D eigenvalue weighted by Crippen LogP contribution is -2.57. The molecular formula is C14H18N2O2S. The third-order valence-corrected chi connectivity index (χ3v) is 4.14. The van der Waals surface area contributed by atoms with E-state index in [1.165, 1.54) is 11.8 Å². The molecular weight excluding hydrogens is 260 g/mol. The van der Waals surface area contributed by atoms with E-state index in [1.54, 1.807) is 4.90 Å². The van der Waals surface area contributed by atoms with E-state index >= 15 is 0 Å². The van der Waals surface area contributed by atoms with Crippen molar-refractivity contribution in [2.24, 2.45) is 0 Å². The lowest BCUT2D eigenvalue weighted by Gasteiger charge is -2.34. The van der Waals surface area contributed by atoms with Gasteiger partial charge in [-0.2, -0.15) is 0 Å². The van der Waals surface area contributed by atoms with E-state index in [2.05, 4.69) is 5.32 Å². The lowest BCUT2D eigenvalue weighted by molar-refractivity contribution is -0.141. The van der Waals surface area contributed by atoms with Crippen molar-refractivity contribution in [3.8, 4) is 0 Å². The smallest absolute Gasteiger partial charge is 0.242 e. The highest BCUT2D eigenvalue weighted by Gasteiger charge is 2.31. The molecule has 0 aliphatic carbocycles. The summed E-state index contributed by atoms with van der Waals surface area (Å²) >= 11 is 1.51. The number of nitrogens with zero attached hydrogens (tertiary/aromatic N) is 1. The fraction of sp³-hybridized carbons (Fsp3) is 0.429. The fourth-order valence-corrected chi connectivity index (χ4v) is 2.97. The number of carbonyl (C=O) groups excluding carboxylic acids is 2. The molecule has 1 aromatic rings. The van der Waals surface area contributed by atoms with Crippen LogP contribution in [0.2, 0.25) is 0 Å². The SMILES string of the molecule is CC[C@@H]1C(=O)NCCN1C(=O)CSc1ccccc1. The van der Waals surface area contributed by atoms with Gasteiger partial charge in [0.15, 0.2) is 0 Å². The second-order valence-corrected chi connectivity index (χ2v) is 5.45. The van der Waals surface area contributed by atoms with Crippen LogP contribution in [0.25, 0.3) is 0 Å². The predicted octanol–water partition coefficient (Wildman–Crippen LogP) is 1.52. The highest BCUT2D eigenvalue weighted by Crippen LogP contribution is 2.19. The number of amides is 2. The Morgan fingerprint density at radius 2 is 2.16 bits per heavy atom. The van der Waals surface area contributed by atoms with Gasteiger partial charge in [0.05, 0.1) is 5.75 Å². The van der Waals surface area contributed by atoms with Crippen LogP contribution in [0, 0.1) is 0 Å². The first-order valence-corrected chi connectivity index (χ1v) is 7.46. The molecule has 0 aromatic heterocycles. The van der Waals surface area contributed by atoms with Crippen molar-refractivity contribution >= 4 is 23.6 Å². The molecule has 4 nitrogen and oxygen atoms in total. The van der Waals surface area contributed by atoms with Crippen molar-refractivity contribution in [2.75, 3.05) is 18.8 Å². The standard InChI is InChI=1S/C14H18N2O2S/c1-2-12-14(18)15-8-9-16(12)13(17)10-19-11-6-4-3-5-7-11/h3-7,12H,2,8-10H2,1H3,(H,15,18)/t12-/m1/s1. The Bertz CT molecular complexity index is 450. The van der Waals surface area contributed by atoms with Crippen molar-refractivity contribution < 1.29 is 9.59 Å². The van der Waals surface area contributed by atoms with E-state index in [9.17, 15) is 9.59 Å². The van der Waals surface area contributed by atoms with Crippen molar-refractivity contribution in [1.82, 2.24) is 10.2 Å². The Hall–Kier alpha value is -1.49. The molecule has 1 N–H and O–H groups in total. The highest BCUT2D eigenvalue weighted by molar-refractivity contribution is 8.00. The van der Waals surface area contributed by atoms with Gasteiger partial charge in [-0.15, -0.1) is 11.8 Å². The van der Waals surface area contributed by atoms with Gasteiger partial charge in [0.2, 0.25) is 11.8 Å². The van der Waals surface area contributed by atoms with Crippen molar-refractivity contribution in [3.05, 3.63) is 30.3 Å². The van der Waals surface area contributed by atoms with E-state index in [0.717, 1.165) is 4.90 Å². The van der Waals surface area contributed by atoms with Gasteiger partial charge in [-0.3, -0.25) is 9.59 Å². The number of benzene rings is 1. The molecule has 102 valence electrons. The minimum Gasteiger partial charge on any atom is -0.353 e. The predicted molar refractivity (Wildman–Crippen MR) is 76.0 cm³/mol. The maximum atomic E-state index is 12.2. The summed E-state index contributed by atoms with van der Waals surface area (Å²) in [6, 6.07) is 9.52. The summed E-state index contributed by atoms with van der Waals surface area (Å²) in [6.45, 7) is 3.09. The Morgan fingerprint density at radius 1 is 1.42 bits per heavy atom. The second kappa shape index (κ2) is 6.61. The molecule has 0 saturated carbocycles. The van der Waals surface area contributed by atoms with Crippen molar-refractivity contribution in [2.45, 2.75) is 24.3 Å². The average molecular weight is 278 g/mol. The average Bonchev–Trinajstić information content (AvgIpc) is 2.45. The maximum absolute atomic E-state index is 12.2. The van der Waals surface area contributed by atoms with E-state index < -0.39 is 0 Å². The molecule has 0 spiro atoms. The molecule has 1 aliphatic heterocycles. The molecule has 19 heavy (non-hydrogen) atoms. The third kappa shape index (κ3) is 3.50. The number of hydrogen-bond donors (Lipinski definition) is 1. The summed E-state index contributed by atoms with van der Waals surface area (Å²) in [6.07, 6.45) is 0.660. The molecule has 2 rings (SSSR count). The van der Waals surface area contributed by atoms with Crippen LogP contribution in [-0.2, 0) is 9.59 Å². The Labute approximate surface area is 117 Å². The van der Waals surface area contributed by atoms with Gasteiger partial charge in [0.1, 0.15) is 6.04 Å². The summed E-state index contributed by atoms with van der Waals surface area (Å²) in [5.74, 6) is 0.385. The maximum Gasteiger partial charge on any atom is 0.242 e. The number of hydrogen-bond acceptors (Lipinski definition) is 3. The molecule has 1 fully saturated rings. The molecule has 1 heterocycles. The van der Waals surface area contributed by atoms with Gasteiger partial charge in [0.25, 0.3) is 0 Å². The van der Waals surface area contributed by atoms with Crippen LogP contribution < -0.4 is 5.32 Å². The second-order valence-electron chi connectivity index (χ2n) is 4.40. The minimum atomic E-state index is -0.308. The summed E-state index contributed by atoms with van der Waals surface area (Å²) in [4.78, 5) is 26.7. The van der Waals surface area contributed by atoms with Crippen LogP contribution in [-0.4, -0.2) is 41.6 Å². The van der Waals surface area contributed by atoms with Gasteiger partial charge < -0.3 is 10.2 Å². The number of carbonyl (C=O) groups is 2. The topological polar surface area (TPSA) is 49.4 Å². The minimum absolute atomic E-state index is 0.0354. The highest BCUT2D eigenvalue weighted by atomic mass is 32.2. The van der Waals surface area contributed by atoms with Gasteiger partial charge in [0, 0.05) is 18.0 Å². The van der Waals surface area contributed by atoms with Gasteiger partial charge in [-0.25, -0.2) is 0 Å². The van der Waals surface area contributed by atoms with Crippen LogP contribution in [0.1, 0.15) is 13.3 Å². The lowest BCUT2D eigenvalue weighted by atomic mass is 10.1. The summed E-state index contributed by atoms with van der Waals surface area (Å²) in [5, 5.41) is 2.80. The zero-order valence-corrected chi connectivity index (χ0v) is 11.8. The van der Waals surface area contributed by atoms with Crippen LogP contribution in [0.15, 0.2) is 35.2 Å². The van der Waals surface area contributed by atoms with Crippen molar-refractivity contribution in [1.29, 1.82) is 0 Å². The Balaban J connectivity index is 1.93. The first-order valence-electron chi connectivity index (χ1n) is 6.47. The molecule has 1 aromatic carbocycles. The summed E-state index contributed by atoms with van der Waals surface area (Å²) in [7, 11) is 0. The Kier molecular flexibility index (Phi) is 4.85. The molecule has 0 bridgehead atoms.